The van der Waals surface area contributed by atoms with E-state index in [9.17, 15) is 4.79 Å². The molecule has 3 aromatic rings. The lowest BCUT2D eigenvalue weighted by molar-refractivity contribution is 0.0698. The van der Waals surface area contributed by atoms with E-state index in [-0.39, 0.29) is 11.3 Å². The fourth-order valence-corrected chi connectivity index (χ4v) is 6.15. The van der Waals surface area contributed by atoms with Crippen molar-refractivity contribution >= 4 is 17.0 Å². The van der Waals surface area contributed by atoms with Crippen LogP contribution in [0.2, 0.25) is 0 Å². The van der Waals surface area contributed by atoms with Crippen molar-refractivity contribution < 1.29 is 9.21 Å². The van der Waals surface area contributed by atoms with Crippen molar-refractivity contribution in [3.63, 3.8) is 0 Å². The highest BCUT2D eigenvalue weighted by molar-refractivity contribution is 5.98. The van der Waals surface area contributed by atoms with Gasteiger partial charge in [0, 0.05) is 18.0 Å². The Hall–Kier alpha value is -2.49. The fourth-order valence-electron chi connectivity index (χ4n) is 6.15. The van der Waals surface area contributed by atoms with E-state index in [4.69, 9.17) is 4.42 Å². The van der Waals surface area contributed by atoms with Gasteiger partial charge in [0.25, 0.3) is 5.91 Å². The molecule has 152 valence electrons. The van der Waals surface area contributed by atoms with Gasteiger partial charge in [-0.15, -0.1) is 0 Å². The van der Waals surface area contributed by atoms with Gasteiger partial charge >= 0.3 is 0 Å². The Morgan fingerprint density at radius 3 is 2.79 bits per heavy atom. The topological polar surface area (TPSA) is 38.4 Å². The van der Waals surface area contributed by atoms with Crippen molar-refractivity contribution in [2.45, 2.75) is 59.5 Å². The van der Waals surface area contributed by atoms with E-state index in [0.29, 0.717) is 18.0 Å². The first kappa shape index (κ1) is 18.5. The molecule has 1 aliphatic heterocycles. The molecule has 2 aliphatic rings. The van der Waals surface area contributed by atoms with E-state index in [1.165, 1.54) is 17.5 Å². The summed E-state index contributed by atoms with van der Waals surface area (Å²) in [7, 11) is 0. The second kappa shape index (κ2) is 6.25. The number of benzene rings is 1. The van der Waals surface area contributed by atoms with Gasteiger partial charge < -0.3 is 13.9 Å². The van der Waals surface area contributed by atoms with Crippen LogP contribution in [0.5, 0.6) is 0 Å². The number of amides is 1. The third-order valence-electron chi connectivity index (χ3n) is 6.82. The summed E-state index contributed by atoms with van der Waals surface area (Å²) in [5.74, 6) is 0.149. The molecule has 5 rings (SSSR count). The molecule has 0 radical (unpaired) electrons. The molecule has 1 saturated carbocycles. The van der Waals surface area contributed by atoms with Crippen LogP contribution in [0.15, 0.2) is 47.1 Å². The van der Waals surface area contributed by atoms with Gasteiger partial charge in [-0.2, -0.15) is 0 Å². The molecule has 4 heteroatoms. The Labute approximate surface area is 172 Å². The predicted octanol–water partition coefficient (Wildman–Crippen LogP) is 5.63. The van der Waals surface area contributed by atoms with Crippen molar-refractivity contribution in [1.82, 2.24) is 9.47 Å². The van der Waals surface area contributed by atoms with Crippen LogP contribution in [0.4, 0.5) is 0 Å². The van der Waals surface area contributed by atoms with Crippen molar-refractivity contribution in [3.05, 3.63) is 59.5 Å². The minimum atomic E-state index is 0.149. The van der Waals surface area contributed by atoms with Crippen LogP contribution in [0.3, 0.4) is 0 Å². The number of hydrogen-bond acceptors (Lipinski definition) is 2. The number of carbonyl (C=O) groups is 1. The Bertz CT molecular complexity index is 1090. The Balaban J connectivity index is 1.52. The van der Waals surface area contributed by atoms with Crippen LogP contribution < -0.4 is 0 Å². The molecule has 2 aromatic heterocycles. The van der Waals surface area contributed by atoms with Gasteiger partial charge in [-0.05, 0) is 54.7 Å². The standard InChI is InChI=1S/C25H30N2O2/c1-17-6-5-7-18(10-17)14-26-21(11-19-8-9-29-23(19)26)22(28)27-16-25(4)13-20(27)12-24(2,3)15-25/h5-11,20H,12-16H2,1-4H3/t20-,25-/m1/s1. The minimum absolute atomic E-state index is 0.149. The summed E-state index contributed by atoms with van der Waals surface area (Å²) in [4.78, 5) is 15.9. The van der Waals surface area contributed by atoms with Gasteiger partial charge in [0.05, 0.1) is 12.8 Å². The van der Waals surface area contributed by atoms with Crippen LogP contribution >= 0.6 is 0 Å². The molecule has 1 amide bonds. The molecule has 4 nitrogen and oxygen atoms in total. The molecule has 2 fully saturated rings. The monoisotopic (exact) mass is 390 g/mol. The Kier molecular flexibility index (Phi) is 4.00. The smallest absolute Gasteiger partial charge is 0.270 e. The number of fused-ring (bicyclic) bond motifs is 3. The van der Waals surface area contributed by atoms with E-state index in [1.54, 1.807) is 6.26 Å². The van der Waals surface area contributed by atoms with Crippen LogP contribution in [0, 0.1) is 17.8 Å². The second-order valence-corrected chi connectivity index (χ2v) is 10.4. The van der Waals surface area contributed by atoms with Crippen molar-refractivity contribution in [3.8, 4) is 0 Å². The molecule has 0 unspecified atom stereocenters. The lowest BCUT2D eigenvalue weighted by atomic mass is 9.65. The number of aromatic nitrogens is 1. The Morgan fingerprint density at radius 1 is 1.17 bits per heavy atom. The molecule has 0 N–H and O–H groups in total. The zero-order chi connectivity index (χ0) is 20.4. The third kappa shape index (κ3) is 3.19. The molecule has 0 spiro atoms. The summed E-state index contributed by atoms with van der Waals surface area (Å²) < 4.78 is 7.83. The number of rotatable bonds is 3. The van der Waals surface area contributed by atoms with Crippen LogP contribution in [-0.2, 0) is 6.54 Å². The lowest BCUT2D eigenvalue weighted by Gasteiger charge is -2.39. The van der Waals surface area contributed by atoms with Crippen molar-refractivity contribution in [1.29, 1.82) is 0 Å². The number of aryl methyl sites for hydroxylation is 1. The van der Waals surface area contributed by atoms with Gasteiger partial charge in [-0.3, -0.25) is 4.79 Å². The molecule has 2 bridgehead atoms. The maximum absolute atomic E-state index is 13.8. The average Bonchev–Trinajstić information content (AvgIpc) is 3.26. The quantitative estimate of drug-likeness (QED) is 0.581. The van der Waals surface area contributed by atoms with Crippen LogP contribution in [0.25, 0.3) is 11.1 Å². The fraction of sp³-hybridized carbons (Fsp3) is 0.480. The summed E-state index contributed by atoms with van der Waals surface area (Å²) in [6.45, 7) is 10.6. The summed E-state index contributed by atoms with van der Waals surface area (Å²) in [5, 5.41) is 0.995. The number of furan rings is 1. The van der Waals surface area contributed by atoms with Crippen molar-refractivity contribution in [2.75, 3.05) is 6.54 Å². The molecule has 1 aliphatic carbocycles. The largest absolute Gasteiger partial charge is 0.448 e. The number of hydrogen-bond donors (Lipinski definition) is 0. The highest BCUT2D eigenvalue weighted by atomic mass is 16.3. The van der Waals surface area contributed by atoms with Gasteiger partial charge in [0.15, 0.2) is 0 Å². The molecular formula is C25H30N2O2. The van der Waals surface area contributed by atoms with E-state index in [1.807, 2.05) is 12.1 Å². The lowest BCUT2D eigenvalue weighted by Crippen LogP contribution is -2.38. The summed E-state index contributed by atoms with van der Waals surface area (Å²) >= 11 is 0. The third-order valence-corrected chi connectivity index (χ3v) is 6.82. The van der Waals surface area contributed by atoms with E-state index >= 15 is 0 Å². The summed E-state index contributed by atoms with van der Waals surface area (Å²) in [5.41, 5.74) is 4.46. The summed E-state index contributed by atoms with van der Waals surface area (Å²) in [6, 6.07) is 12.8. The normalized spacial score (nSPS) is 25.7. The van der Waals surface area contributed by atoms with Gasteiger partial charge in [0.2, 0.25) is 5.71 Å². The summed E-state index contributed by atoms with van der Waals surface area (Å²) in [6.07, 6.45) is 5.10. The first-order chi connectivity index (χ1) is 13.7. The average molecular weight is 391 g/mol. The highest BCUT2D eigenvalue weighted by Crippen LogP contribution is 2.52. The minimum Gasteiger partial charge on any atom is -0.448 e. The van der Waals surface area contributed by atoms with Gasteiger partial charge in [-0.25, -0.2) is 0 Å². The van der Waals surface area contributed by atoms with E-state index in [0.717, 1.165) is 36.2 Å². The second-order valence-electron chi connectivity index (χ2n) is 10.4. The molecule has 1 saturated heterocycles. The van der Waals surface area contributed by atoms with E-state index in [2.05, 4.69) is 61.4 Å². The molecular weight excluding hydrogens is 360 g/mol. The van der Waals surface area contributed by atoms with Gasteiger partial charge in [0.1, 0.15) is 5.69 Å². The first-order valence-electron chi connectivity index (χ1n) is 10.7. The maximum Gasteiger partial charge on any atom is 0.270 e. The molecule has 2 atom stereocenters. The maximum atomic E-state index is 13.8. The molecule has 3 heterocycles. The Morgan fingerprint density at radius 2 is 2.00 bits per heavy atom. The number of likely N-dealkylation sites (tertiary alicyclic amines) is 1. The zero-order valence-electron chi connectivity index (χ0n) is 17.9. The van der Waals surface area contributed by atoms with E-state index < -0.39 is 0 Å². The SMILES string of the molecule is Cc1cccc(Cn2c(C(=O)N3C[C@]4(C)C[C@H]3CC(C)(C)C4)cc3ccoc32)c1. The highest BCUT2D eigenvalue weighted by Gasteiger charge is 2.51. The number of carbonyl (C=O) groups excluding carboxylic acids is 1. The van der Waals surface area contributed by atoms with Crippen LogP contribution in [0.1, 0.15) is 61.6 Å². The van der Waals surface area contributed by atoms with Crippen molar-refractivity contribution in [2.24, 2.45) is 10.8 Å². The molecule has 29 heavy (non-hydrogen) atoms. The number of nitrogens with zero attached hydrogens (tertiary/aromatic N) is 2. The predicted molar refractivity (Wildman–Crippen MR) is 115 cm³/mol. The molecule has 1 aromatic carbocycles. The zero-order valence-corrected chi connectivity index (χ0v) is 17.9. The first-order valence-corrected chi connectivity index (χ1v) is 10.7. The van der Waals surface area contributed by atoms with Gasteiger partial charge in [-0.1, -0.05) is 50.6 Å². The van der Waals surface area contributed by atoms with Crippen LogP contribution in [-0.4, -0.2) is 28.0 Å².